The van der Waals surface area contributed by atoms with Gasteiger partial charge in [0.25, 0.3) is 0 Å². The van der Waals surface area contributed by atoms with E-state index < -0.39 is 43.3 Å². The summed E-state index contributed by atoms with van der Waals surface area (Å²) in [6.07, 6.45) is -6.19. The van der Waals surface area contributed by atoms with Crippen LogP contribution in [0, 0.1) is 12.1 Å². The molecule has 6 nitrogen and oxygen atoms in total. The van der Waals surface area contributed by atoms with Gasteiger partial charge in [-0.2, -0.15) is 13.2 Å². The Balaban J connectivity index is -0.000000112. The van der Waals surface area contributed by atoms with Crippen LogP contribution < -0.4 is 0 Å². The van der Waals surface area contributed by atoms with Gasteiger partial charge in [-0.15, -0.1) is 4.39 Å². The Morgan fingerprint density at radius 3 is 1.42 bits per heavy atom. The Morgan fingerprint density at radius 1 is 1.08 bits per heavy atom. The van der Waals surface area contributed by atoms with Crippen LogP contribution in [0.15, 0.2) is 0 Å². The van der Waals surface area contributed by atoms with Gasteiger partial charge in [-0.05, 0) is 13.8 Å². The molecule has 0 aliphatic heterocycles. The van der Waals surface area contributed by atoms with Crippen molar-refractivity contribution < 1.29 is 52.6 Å². The standard InChI is InChI=1S/C3H7ClO2.C3F4.C3H7FO2.C3H8O2/c1-3(4,6)2-5;4-2-1-3(5,6)7;4-1-3(6)2-5;1-3(5)2-4/h5-6H,2H2,1H3;;3,5-6H,1-2H2;3-5H,2H2,1H3. The Morgan fingerprint density at radius 2 is 1.42 bits per heavy atom. The zero-order valence-corrected chi connectivity index (χ0v) is 13.7. The first-order valence-corrected chi connectivity index (χ1v) is 6.43. The van der Waals surface area contributed by atoms with Crippen LogP contribution in [0.5, 0.6) is 0 Å². The molecule has 0 aromatic rings. The summed E-state index contributed by atoms with van der Waals surface area (Å²) < 4.78 is 53.3. The maximum Gasteiger partial charge on any atom is 0.460 e. The van der Waals surface area contributed by atoms with Crippen molar-refractivity contribution in [2.75, 3.05) is 26.5 Å². The van der Waals surface area contributed by atoms with Crippen molar-refractivity contribution in [2.24, 2.45) is 0 Å². The normalized spacial score (nSPS) is 14.6. The third-order valence-corrected chi connectivity index (χ3v) is 1.25. The van der Waals surface area contributed by atoms with Crippen molar-refractivity contribution in [2.45, 2.75) is 37.3 Å². The van der Waals surface area contributed by atoms with Crippen LogP contribution in [0.1, 0.15) is 13.8 Å². The predicted octanol–water partition coefficient (Wildman–Crippen LogP) is 0.0737. The first kappa shape index (κ1) is 31.1. The molecule has 0 spiro atoms. The molecule has 148 valence electrons. The van der Waals surface area contributed by atoms with Crippen LogP contribution in [0.25, 0.3) is 0 Å². The highest BCUT2D eigenvalue weighted by molar-refractivity contribution is 6.22. The average molecular weight is 393 g/mol. The van der Waals surface area contributed by atoms with Crippen LogP contribution in [-0.2, 0) is 0 Å². The van der Waals surface area contributed by atoms with Crippen molar-refractivity contribution >= 4 is 11.6 Å². The first-order chi connectivity index (χ1) is 10.7. The maximum atomic E-state index is 11.0. The fourth-order valence-corrected chi connectivity index (χ4v) is 0.102. The maximum absolute atomic E-state index is 11.0. The molecule has 6 N–H and O–H groups in total. The lowest BCUT2D eigenvalue weighted by molar-refractivity contribution is -0.0699. The number of rotatable bonds is 4. The summed E-state index contributed by atoms with van der Waals surface area (Å²) in [5.74, 6) is 0.368. The van der Waals surface area contributed by atoms with E-state index in [1.165, 1.54) is 13.8 Å². The Labute approximate surface area is 141 Å². The molecule has 0 amide bonds. The summed E-state index contributed by atoms with van der Waals surface area (Å²) >= 11 is 5.02. The van der Waals surface area contributed by atoms with Crippen molar-refractivity contribution in [3.05, 3.63) is 0 Å². The summed E-state index contributed by atoms with van der Waals surface area (Å²) in [7, 11) is 0. The number of alkyl halides is 5. The van der Waals surface area contributed by atoms with Crippen LogP contribution in [0.3, 0.4) is 0 Å². The van der Waals surface area contributed by atoms with Crippen LogP contribution >= 0.6 is 11.6 Å². The lowest BCUT2D eigenvalue weighted by Crippen LogP contribution is -2.19. The molecule has 3 atom stereocenters. The van der Waals surface area contributed by atoms with Gasteiger partial charge in [0.2, 0.25) is 0 Å². The van der Waals surface area contributed by atoms with Crippen molar-refractivity contribution in [3.8, 4) is 12.1 Å². The highest BCUT2D eigenvalue weighted by atomic mass is 35.5. The molecule has 0 aromatic carbocycles. The average Bonchev–Trinajstić information content (AvgIpc) is 2.46. The monoisotopic (exact) mass is 392 g/mol. The minimum absolute atomic E-state index is 0.139. The van der Waals surface area contributed by atoms with Gasteiger partial charge in [-0.25, -0.2) is 4.39 Å². The second-order valence-electron chi connectivity index (χ2n) is 4.04. The van der Waals surface area contributed by atoms with E-state index in [0.29, 0.717) is 5.92 Å². The van der Waals surface area contributed by atoms with Gasteiger partial charge >= 0.3 is 6.18 Å². The lowest BCUT2D eigenvalue weighted by Gasteiger charge is -2.07. The minimum Gasteiger partial charge on any atom is -0.394 e. The van der Waals surface area contributed by atoms with Gasteiger partial charge in [0.05, 0.1) is 25.9 Å². The molecular weight excluding hydrogens is 371 g/mol. The van der Waals surface area contributed by atoms with E-state index in [0.717, 1.165) is 0 Å². The molecule has 0 heterocycles. The number of aliphatic hydroxyl groups excluding tert-OH is 5. The molecule has 12 heteroatoms. The van der Waals surface area contributed by atoms with E-state index in [4.69, 9.17) is 42.2 Å². The van der Waals surface area contributed by atoms with Gasteiger partial charge in [-0.1, -0.05) is 11.6 Å². The highest BCUT2D eigenvalue weighted by Gasteiger charge is 2.23. The number of hydrogen-bond acceptors (Lipinski definition) is 6. The molecule has 0 saturated carbocycles. The Kier molecular flexibility index (Phi) is 24.1. The third-order valence-electron chi connectivity index (χ3n) is 1.13. The molecule has 0 aromatic heterocycles. The van der Waals surface area contributed by atoms with E-state index in [1.807, 2.05) is 0 Å². The fourth-order valence-electron chi connectivity index (χ4n) is 0.102. The Hall–Kier alpha value is -0.740. The summed E-state index contributed by atoms with van der Waals surface area (Å²) in [6, 6.07) is 0. The molecule has 0 rings (SSSR count). The zero-order chi connectivity index (χ0) is 20.4. The van der Waals surface area contributed by atoms with Crippen LogP contribution in [0.4, 0.5) is 22.0 Å². The van der Waals surface area contributed by atoms with Crippen molar-refractivity contribution in [1.29, 1.82) is 0 Å². The van der Waals surface area contributed by atoms with E-state index >= 15 is 0 Å². The summed E-state index contributed by atoms with van der Waals surface area (Å²) in [5, 5.41) is 46.8. The van der Waals surface area contributed by atoms with Crippen molar-refractivity contribution in [3.63, 3.8) is 0 Å². The topological polar surface area (TPSA) is 121 Å². The quantitative estimate of drug-likeness (QED) is 0.229. The molecule has 0 aliphatic rings. The van der Waals surface area contributed by atoms with E-state index in [2.05, 4.69) is 0 Å². The van der Waals surface area contributed by atoms with Crippen molar-refractivity contribution in [1.82, 2.24) is 0 Å². The number of aliphatic hydroxyl groups is 6. The van der Waals surface area contributed by atoms with Crippen LogP contribution in [-0.4, -0.2) is 80.6 Å². The smallest absolute Gasteiger partial charge is 0.394 e. The van der Waals surface area contributed by atoms with Gasteiger partial charge in [0.15, 0.2) is 5.06 Å². The van der Waals surface area contributed by atoms with Gasteiger partial charge < -0.3 is 30.6 Å². The van der Waals surface area contributed by atoms with E-state index in [9.17, 15) is 22.0 Å². The minimum atomic E-state index is -4.69. The fraction of sp³-hybridized carbons (Fsp3) is 0.833. The zero-order valence-electron chi connectivity index (χ0n) is 12.9. The molecule has 0 aliphatic carbocycles. The number of hydrogen-bond donors (Lipinski definition) is 6. The highest BCUT2D eigenvalue weighted by Crippen LogP contribution is 2.11. The second kappa shape index (κ2) is 18.6. The number of halogens is 6. The SMILES string of the molecule is CC(O)(Cl)CO.CC(O)CO.FC#CC(F)(F)F.OCC(O)CF. The Bertz CT molecular complexity index is 308. The lowest BCUT2D eigenvalue weighted by atomic mass is 10.4. The van der Waals surface area contributed by atoms with Gasteiger partial charge in [0.1, 0.15) is 19.0 Å². The third kappa shape index (κ3) is 58.1. The molecule has 0 bridgehead atoms. The molecule has 0 fully saturated rings. The van der Waals surface area contributed by atoms with Gasteiger partial charge in [-0.3, -0.25) is 0 Å². The van der Waals surface area contributed by atoms with E-state index in [1.54, 1.807) is 0 Å². The van der Waals surface area contributed by atoms with Gasteiger partial charge in [0, 0.05) is 5.92 Å². The summed E-state index contributed by atoms with van der Waals surface area (Å²) in [4.78, 5) is 0. The molecule has 0 saturated heterocycles. The molecule has 0 radical (unpaired) electrons. The molecular formula is C12H22ClF5O6. The van der Waals surface area contributed by atoms with E-state index in [-0.39, 0.29) is 12.8 Å². The predicted molar refractivity (Wildman–Crippen MR) is 76.3 cm³/mol. The first-order valence-electron chi connectivity index (χ1n) is 6.06. The summed E-state index contributed by atoms with van der Waals surface area (Å²) in [5.41, 5.74) is 0. The summed E-state index contributed by atoms with van der Waals surface area (Å²) in [6.45, 7) is 0.941. The second-order valence-corrected chi connectivity index (χ2v) is 4.85. The molecule has 3 unspecified atom stereocenters. The molecule has 24 heavy (non-hydrogen) atoms. The van der Waals surface area contributed by atoms with Crippen LogP contribution in [0.2, 0.25) is 0 Å². The largest absolute Gasteiger partial charge is 0.460 e.